The number of ether oxygens (including phenoxy) is 1. The summed E-state index contributed by atoms with van der Waals surface area (Å²) in [4.78, 5) is 11.0. The van der Waals surface area contributed by atoms with E-state index in [2.05, 4.69) is 0 Å². The first-order valence-electron chi connectivity index (χ1n) is 5.57. The van der Waals surface area contributed by atoms with Gasteiger partial charge >= 0.3 is 5.97 Å². The minimum atomic E-state index is -1.42. The van der Waals surface area contributed by atoms with Crippen molar-refractivity contribution in [1.29, 1.82) is 0 Å². The molecule has 0 bridgehead atoms. The lowest BCUT2D eigenvalue weighted by atomic mass is 10.2. The lowest BCUT2D eigenvalue weighted by Gasteiger charge is -2.10. The molecule has 104 valence electrons. The molecular formula is C14H9ClF2O3. The number of hydrogen-bond donors (Lipinski definition) is 1. The van der Waals surface area contributed by atoms with Crippen molar-refractivity contribution in [2.75, 3.05) is 0 Å². The van der Waals surface area contributed by atoms with Crippen molar-refractivity contribution in [3.05, 3.63) is 64.2 Å². The molecule has 0 fully saturated rings. The van der Waals surface area contributed by atoms with Gasteiger partial charge in [0, 0.05) is 0 Å². The third kappa shape index (κ3) is 3.05. The van der Waals surface area contributed by atoms with E-state index >= 15 is 0 Å². The van der Waals surface area contributed by atoms with Gasteiger partial charge in [-0.15, -0.1) is 0 Å². The van der Waals surface area contributed by atoms with E-state index in [4.69, 9.17) is 21.4 Å². The maximum Gasteiger partial charge on any atom is 0.342 e. The zero-order chi connectivity index (χ0) is 14.7. The van der Waals surface area contributed by atoms with Crippen LogP contribution in [-0.2, 0) is 6.61 Å². The quantitative estimate of drug-likeness (QED) is 0.931. The van der Waals surface area contributed by atoms with Crippen LogP contribution in [0.15, 0.2) is 36.4 Å². The second kappa shape index (κ2) is 5.88. The molecule has 3 nitrogen and oxygen atoms in total. The van der Waals surface area contributed by atoms with Crippen LogP contribution in [0.25, 0.3) is 0 Å². The van der Waals surface area contributed by atoms with E-state index in [-0.39, 0.29) is 17.4 Å². The molecule has 2 aromatic carbocycles. The van der Waals surface area contributed by atoms with Gasteiger partial charge in [0.25, 0.3) is 0 Å². The normalized spacial score (nSPS) is 10.3. The van der Waals surface area contributed by atoms with Crippen LogP contribution in [0, 0.1) is 11.6 Å². The van der Waals surface area contributed by atoms with E-state index in [0.717, 1.165) is 6.07 Å². The number of carbonyl (C=O) groups is 1. The topological polar surface area (TPSA) is 46.5 Å². The Balaban J connectivity index is 2.21. The van der Waals surface area contributed by atoms with Gasteiger partial charge in [0.15, 0.2) is 0 Å². The van der Waals surface area contributed by atoms with Crippen LogP contribution in [0.4, 0.5) is 8.78 Å². The minimum Gasteiger partial charge on any atom is -0.488 e. The summed E-state index contributed by atoms with van der Waals surface area (Å²) in [6.45, 7) is -0.0519. The molecule has 0 saturated heterocycles. The van der Waals surface area contributed by atoms with Gasteiger partial charge in [-0.05, 0) is 29.8 Å². The third-order valence-electron chi connectivity index (χ3n) is 2.57. The van der Waals surface area contributed by atoms with Crippen LogP contribution in [0.5, 0.6) is 5.75 Å². The molecule has 0 heterocycles. The van der Waals surface area contributed by atoms with Crippen LogP contribution in [0.3, 0.4) is 0 Å². The van der Waals surface area contributed by atoms with Crippen LogP contribution < -0.4 is 4.74 Å². The van der Waals surface area contributed by atoms with E-state index < -0.39 is 23.2 Å². The summed E-state index contributed by atoms with van der Waals surface area (Å²) < 4.78 is 31.7. The predicted molar refractivity (Wildman–Crippen MR) is 69.1 cm³/mol. The average Bonchev–Trinajstić information content (AvgIpc) is 2.39. The molecule has 6 heteroatoms. The Hall–Kier alpha value is -2.14. The average molecular weight is 299 g/mol. The SMILES string of the molecule is O=C(O)c1c(F)cccc1OCc1ccc(F)c(Cl)c1. The number of carboxylic acid groups (broad SMARTS) is 1. The van der Waals surface area contributed by atoms with E-state index in [1.165, 1.54) is 30.3 Å². The van der Waals surface area contributed by atoms with Gasteiger partial charge in [-0.3, -0.25) is 0 Å². The molecule has 0 amide bonds. The van der Waals surface area contributed by atoms with E-state index in [1.807, 2.05) is 0 Å². The predicted octanol–water partition coefficient (Wildman–Crippen LogP) is 3.90. The molecule has 2 rings (SSSR count). The first-order chi connectivity index (χ1) is 9.49. The van der Waals surface area contributed by atoms with Crippen LogP contribution in [-0.4, -0.2) is 11.1 Å². The Labute approximate surface area is 118 Å². The third-order valence-corrected chi connectivity index (χ3v) is 2.86. The van der Waals surface area contributed by atoms with Gasteiger partial charge in [0.2, 0.25) is 0 Å². The van der Waals surface area contributed by atoms with Gasteiger partial charge in [-0.25, -0.2) is 13.6 Å². The Bertz CT molecular complexity index is 659. The Morgan fingerprint density at radius 3 is 2.60 bits per heavy atom. The highest BCUT2D eigenvalue weighted by Crippen LogP contribution is 2.23. The fourth-order valence-corrected chi connectivity index (χ4v) is 1.83. The second-order valence-corrected chi connectivity index (χ2v) is 4.36. The summed E-state index contributed by atoms with van der Waals surface area (Å²) in [5.74, 6) is -2.97. The summed E-state index contributed by atoms with van der Waals surface area (Å²) in [6, 6.07) is 7.69. The lowest BCUT2D eigenvalue weighted by Crippen LogP contribution is -2.06. The maximum atomic E-state index is 13.4. The van der Waals surface area contributed by atoms with Crippen molar-refractivity contribution in [3.8, 4) is 5.75 Å². The monoisotopic (exact) mass is 298 g/mol. The second-order valence-electron chi connectivity index (χ2n) is 3.96. The summed E-state index contributed by atoms with van der Waals surface area (Å²) >= 11 is 5.62. The molecule has 0 aliphatic rings. The van der Waals surface area contributed by atoms with Gasteiger partial charge in [0.1, 0.15) is 29.6 Å². The van der Waals surface area contributed by atoms with Crippen molar-refractivity contribution < 1.29 is 23.4 Å². The zero-order valence-corrected chi connectivity index (χ0v) is 10.8. The standard InChI is InChI=1S/C14H9ClF2O3/c15-9-6-8(4-5-10(9)16)7-20-12-3-1-2-11(17)13(12)14(18)19/h1-6H,7H2,(H,18,19). The fraction of sp³-hybridized carbons (Fsp3) is 0.0714. The molecule has 0 atom stereocenters. The van der Waals surface area contributed by atoms with Gasteiger partial charge in [-0.1, -0.05) is 23.7 Å². The number of benzene rings is 2. The summed E-state index contributed by atoms with van der Waals surface area (Å²) in [5, 5.41) is 8.87. The number of halogens is 3. The van der Waals surface area contributed by atoms with E-state index in [0.29, 0.717) is 5.56 Å². The first kappa shape index (κ1) is 14.3. The molecule has 0 aliphatic heterocycles. The van der Waals surface area contributed by atoms with Crippen molar-refractivity contribution in [2.24, 2.45) is 0 Å². The Morgan fingerprint density at radius 2 is 1.95 bits per heavy atom. The lowest BCUT2D eigenvalue weighted by molar-refractivity contribution is 0.0686. The molecule has 0 radical (unpaired) electrons. The number of carboxylic acids is 1. The highest BCUT2D eigenvalue weighted by Gasteiger charge is 2.16. The van der Waals surface area contributed by atoms with Gasteiger partial charge in [0.05, 0.1) is 5.02 Å². The molecule has 2 aromatic rings. The van der Waals surface area contributed by atoms with Crippen molar-refractivity contribution in [2.45, 2.75) is 6.61 Å². The Kier molecular flexibility index (Phi) is 4.20. The zero-order valence-electron chi connectivity index (χ0n) is 10.1. The number of hydrogen-bond acceptors (Lipinski definition) is 2. The highest BCUT2D eigenvalue weighted by molar-refractivity contribution is 6.30. The van der Waals surface area contributed by atoms with Gasteiger partial charge < -0.3 is 9.84 Å². The molecule has 0 saturated carbocycles. The van der Waals surface area contributed by atoms with E-state index in [1.54, 1.807) is 0 Å². The first-order valence-corrected chi connectivity index (χ1v) is 5.95. The molecular weight excluding hydrogens is 290 g/mol. The molecule has 0 unspecified atom stereocenters. The molecule has 0 aromatic heterocycles. The Morgan fingerprint density at radius 1 is 1.20 bits per heavy atom. The smallest absolute Gasteiger partial charge is 0.342 e. The van der Waals surface area contributed by atoms with Crippen LogP contribution in [0.1, 0.15) is 15.9 Å². The summed E-state index contributed by atoms with van der Waals surface area (Å²) in [7, 11) is 0. The molecule has 1 N–H and O–H groups in total. The van der Waals surface area contributed by atoms with Gasteiger partial charge in [-0.2, -0.15) is 0 Å². The van der Waals surface area contributed by atoms with Crippen LogP contribution in [0.2, 0.25) is 5.02 Å². The molecule has 20 heavy (non-hydrogen) atoms. The number of rotatable bonds is 4. The van der Waals surface area contributed by atoms with Crippen molar-refractivity contribution in [1.82, 2.24) is 0 Å². The molecule has 0 spiro atoms. The van der Waals surface area contributed by atoms with Crippen molar-refractivity contribution >= 4 is 17.6 Å². The fourth-order valence-electron chi connectivity index (χ4n) is 1.62. The number of aromatic carboxylic acids is 1. The van der Waals surface area contributed by atoms with Crippen molar-refractivity contribution in [3.63, 3.8) is 0 Å². The van der Waals surface area contributed by atoms with Crippen LogP contribution >= 0.6 is 11.6 Å². The minimum absolute atomic E-state index is 0.0519. The van der Waals surface area contributed by atoms with E-state index in [9.17, 15) is 13.6 Å². The molecule has 0 aliphatic carbocycles. The summed E-state index contributed by atoms with van der Waals surface area (Å²) in [6.07, 6.45) is 0. The largest absolute Gasteiger partial charge is 0.488 e. The highest BCUT2D eigenvalue weighted by atomic mass is 35.5. The maximum absolute atomic E-state index is 13.4. The summed E-state index contributed by atoms with van der Waals surface area (Å²) in [5.41, 5.74) is -0.00212.